The zero-order valence-electron chi connectivity index (χ0n) is 13.3. The Morgan fingerprint density at radius 1 is 1.05 bits per heavy atom. The maximum absolute atomic E-state index is 5.44. The molecule has 1 aromatic carbocycles. The van der Waals surface area contributed by atoms with Crippen molar-refractivity contribution in [3.05, 3.63) is 59.5 Å². The first-order valence-corrected chi connectivity index (χ1v) is 7.80. The Kier molecular flexibility index (Phi) is 6.03. The van der Waals surface area contributed by atoms with Crippen molar-refractivity contribution >= 4 is 0 Å². The summed E-state index contributed by atoms with van der Waals surface area (Å²) in [6, 6.07) is 12.8. The molecule has 0 aliphatic carbocycles. The lowest BCUT2D eigenvalue weighted by Gasteiger charge is -2.21. The van der Waals surface area contributed by atoms with E-state index in [0.29, 0.717) is 0 Å². The summed E-state index contributed by atoms with van der Waals surface area (Å²) in [4.78, 5) is 2.44. The zero-order valence-corrected chi connectivity index (χ0v) is 13.3. The fraction of sp³-hybridized carbons (Fsp3) is 0.444. The first-order chi connectivity index (χ1) is 10.2. The molecule has 1 aromatic heterocycles. The van der Waals surface area contributed by atoms with Crippen LogP contribution in [0.1, 0.15) is 43.7 Å². The second-order valence-corrected chi connectivity index (χ2v) is 5.35. The van der Waals surface area contributed by atoms with Gasteiger partial charge in [0.25, 0.3) is 0 Å². The molecule has 1 atom stereocenters. The normalized spacial score (nSPS) is 12.8. The van der Waals surface area contributed by atoms with Crippen LogP contribution in [0.4, 0.5) is 0 Å². The fourth-order valence-corrected chi connectivity index (χ4v) is 2.47. The standard InChI is InChI=1S/C18H26N2O/c1-4-20(5-2)14-17-10-7-6-9-16(17)13-19-15(3)18-11-8-12-21-18/h6-12,15,19H,4-5,13-14H2,1-3H3. The van der Waals surface area contributed by atoms with Crippen LogP contribution in [0.2, 0.25) is 0 Å². The van der Waals surface area contributed by atoms with Crippen LogP contribution in [0, 0.1) is 0 Å². The number of benzene rings is 1. The van der Waals surface area contributed by atoms with E-state index in [1.54, 1.807) is 6.26 Å². The lowest BCUT2D eigenvalue weighted by molar-refractivity contribution is 0.294. The molecule has 2 aromatic rings. The van der Waals surface area contributed by atoms with Crippen LogP contribution in [0.5, 0.6) is 0 Å². The average Bonchev–Trinajstić information content (AvgIpc) is 3.05. The summed E-state index contributed by atoms with van der Waals surface area (Å²) in [5.74, 6) is 0.983. The van der Waals surface area contributed by atoms with E-state index >= 15 is 0 Å². The summed E-state index contributed by atoms with van der Waals surface area (Å²) in [7, 11) is 0. The highest BCUT2D eigenvalue weighted by Gasteiger charge is 2.10. The van der Waals surface area contributed by atoms with Gasteiger partial charge in [-0.3, -0.25) is 4.90 Å². The third-order valence-electron chi connectivity index (χ3n) is 3.98. The van der Waals surface area contributed by atoms with Crippen LogP contribution < -0.4 is 5.32 Å². The number of rotatable bonds is 8. The summed E-state index contributed by atoms with van der Waals surface area (Å²) in [6.45, 7) is 10.6. The van der Waals surface area contributed by atoms with Gasteiger partial charge in [-0.05, 0) is 43.3 Å². The Morgan fingerprint density at radius 3 is 2.38 bits per heavy atom. The molecule has 21 heavy (non-hydrogen) atoms. The average molecular weight is 286 g/mol. The van der Waals surface area contributed by atoms with Gasteiger partial charge in [-0.1, -0.05) is 38.1 Å². The minimum absolute atomic E-state index is 0.224. The number of hydrogen-bond acceptors (Lipinski definition) is 3. The summed E-state index contributed by atoms with van der Waals surface area (Å²) in [5.41, 5.74) is 2.77. The van der Waals surface area contributed by atoms with E-state index in [2.05, 4.69) is 55.3 Å². The van der Waals surface area contributed by atoms with Crippen LogP contribution in [0.15, 0.2) is 47.1 Å². The quantitative estimate of drug-likeness (QED) is 0.796. The minimum Gasteiger partial charge on any atom is -0.468 e. The Hall–Kier alpha value is -1.58. The maximum atomic E-state index is 5.44. The molecule has 0 saturated carbocycles. The summed E-state index contributed by atoms with van der Waals surface area (Å²) >= 11 is 0. The van der Waals surface area contributed by atoms with Crippen molar-refractivity contribution < 1.29 is 4.42 Å². The van der Waals surface area contributed by atoms with E-state index in [0.717, 1.165) is 31.9 Å². The molecule has 114 valence electrons. The van der Waals surface area contributed by atoms with Crippen LogP contribution >= 0.6 is 0 Å². The minimum atomic E-state index is 0.224. The number of nitrogens with zero attached hydrogens (tertiary/aromatic N) is 1. The van der Waals surface area contributed by atoms with Crippen molar-refractivity contribution in [3.63, 3.8) is 0 Å². The van der Waals surface area contributed by atoms with Crippen molar-refractivity contribution in [2.24, 2.45) is 0 Å². The topological polar surface area (TPSA) is 28.4 Å². The SMILES string of the molecule is CCN(CC)Cc1ccccc1CNC(C)c1ccco1. The van der Waals surface area contributed by atoms with Crippen LogP contribution in [-0.4, -0.2) is 18.0 Å². The van der Waals surface area contributed by atoms with Crippen molar-refractivity contribution in [1.29, 1.82) is 0 Å². The van der Waals surface area contributed by atoms with Gasteiger partial charge in [0.2, 0.25) is 0 Å². The largest absolute Gasteiger partial charge is 0.468 e. The number of furan rings is 1. The van der Waals surface area contributed by atoms with E-state index < -0.39 is 0 Å². The van der Waals surface area contributed by atoms with E-state index in [9.17, 15) is 0 Å². The summed E-state index contributed by atoms with van der Waals surface area (Å²) < 4.78 is 5.44. The monoisotopic (exact) mass is 286 g/mol. The molecule has 3 nitrogen and oxygen atoms in total. The first-order valence-electron chi connectivity index (χ1n) is 7.80. The van der Waals surface area contributed by atoms with Crippen molar-refractivity contribution in [2.45, 2.75) is 39.9 Å². The molecule has 2 rings (SSSR count). The van der Waals surface area contributed by atoms with E-state index in [-0.39, 0.29) is 6.04 Å². The Balaban J connectivity index is 1.99. The van der Waals surface area contributed by atoms with Gasteiger partial charge in [-0.2, -0.15) is 0 Å². The van der Waals surface area contributed by atoms with Gasteiger partial charge in [0.15, 0.2) is 0 Å². The molecule has 1 N–H and O–H groups in total. The van der Waals surface area contributed by atoms with Gasteiger partial charge in [0.1, 0.15) is 5.76 Å². The highest BCUT2D eigenvalue weighted by Crippen LogP contribution is 2.16. The van der Waals surface area contributed by atoms with Crippen LogP contribution in [0.25, 0.3) is 0 Å². The molecule has 0 saturated heterocycles. The molecule has 1 unspecified atom stereocenters. The summed E-state index contributed by atoms with van der Waals surface area (Å²) in [6.07, 6.45) is 1.72. The molecule has 0 fully saturated rings. The van der Waals surface area contributed by atoms with E-state index in [1.807, 2.05) is 12.1 Å². The molecule has 3 heteroatoms. The Bertz CT molecular complexity index is 518. The molecule has 0 bridgehead atoms. The Labute approximate surface area is 128 Å². The molecule has 0 radical (unpaired) electrons. The smallest absolute Gasteiger partial charge is 0.120 e. The van der Waals surface area contributed by atoms with Crippen LogP contribution in [0.3, 0.4) is 0 Å². The first kappa shape index (κ1) is 15.8. The van der Waals surface area contributed by atoms with E-state index in [4.69, 9.17) is 4.42 Å². The van der Waals surface area contributed by atoms with Gasteiger partial charge >= 0.3 is 0 Å². The number of nitrogens with one attached hydrogen (secondary N) is 1. The maximum Gasteiger partial charge on any atom is 0.120 e. The fourth-order valence-electron chi connectivity index (χ4n) is 2.47. The highest BCUT2D eigenvalue weighted by atomic mass is 16.3. The molecular weight excluding hydrogens is 260 g/mol. The molecule has 0 aliphatic rings. The second-order valence-electron chi connectivity index (χ2n) is 5.35. The van der Waals surface area contributed by atoms with Gasteiger partial charge in [0.05, 0.1) is 12.3 Å². The molecule has 0 spiro atoms. The Morgan fingerprint density at radius 2 is 1.76 bits per heavy atom. The van der Waals surface area contributed by atoms with Gasteiger partial charge in [0, 0.05) is 13.1 Å². The molecule has 1 heterocycles. The highest BCUT2D eigenvalue weighted by molar-refractivity contribution is 5.27. The predicted molar refractivity (Wildman–Crippen MR) is 87.0 cm³/mol. The lowest BCUT2D eigenvalue weighted by atomic mass is 10.1. The number of hydrogen-bond donors (Lipinski definition) is 1. The van der Waals surface area contributed by atoms with Crippen molar-refractivity contribution in [3.8, 4) is 0 Å². The van der Waals surface area contributed by atoms with Gasteiger partial charge < -0.3 is 9.73 Å². The predicted octanol–water partition coefficient (Wildman–Crippen LogP) is 3.97. The van der Waals surface area contributed by atoms with Gasteiger partial charge in [-0.15, -0.1) is 0 Å². The lowest BCUT2D eigenvalue weighted by Crippen LogP contribution is -2.24. The zero-order chi connectivity index (χ0) is 15.1. The second kappa shape index (κ2) is 8.01. The molecule has 0 aliphatic heterocycles. The third-order valence-corrected chi connectivity index (χ3v) is 3.98. The van der Waals surface area contributed by atoms with Gasteiger partial charge in [-0.25, -0.2) is 0 Å². The summed E-state index contributed by atoms with van der Waals surface area (Å²) in [5, 5.41) is 3.54. The van der Waals surface area contributed by atoms with E-state index in [1.165, 1.54) is 11.1 Å². The van der Waals surface area contributed by atoms with Crippen molar-refractivity contribution in [2.75, 3.05) is 13.1 Å². The third kappa shape index (κ3) is 4.45. The van der Waals surface area contributed by atoms with Crippen molar-refractivity contribution in [1.82, 2.24) is 10.2 Å². The van der Waals surface area contributed by atoms with Crippen LogP contribution in [-0.2, 0) is 13.1 Å². The molecule has 0 amide bonds. The molecular formula is C18H26N2O.